The Kier molecular flexibility index (Phi) is 10.9. The summed E-state index contributed by atoms with van der Waals surface area (Å²) in [5.74, 6) is 0.104. The molecule has 0 aliphatic rings. The van der Waals surface area contributed by atoms with E-state index in [1.54, 1.807) is 62.4 Å². The molecular formula is C24H28N2O8. The molecular weight excluding hydrogens is 444 g/mol. The smallest absolute Gasteiger partial charge is 0.411 e. The first-order valence-electron chi connectivity index (χ1n) is 10.9. The largest absolute Gasteiger partial charge is 0.449 e. The van der Waals surface area contributed by atoms with Crippen LogP contribution in [0.2, 0.25) is 0 Å². The first-order chi connectivity index (χ1) is 16.4. The fourth-order valence-electron chi connectivity index (χ4n) is 2.46. The van der Waals surface area contributed by atoms with Gasteiger partial charge in [-0.3, -0.25) is 20.2 Å². The number of nitrogens with one attached hydrogen (secondary N) is 2. The van der Waals surface area contributed by atoms with E-state index in [1.165, 1.54) is 0 Å². The van der Waals surface area contributed by atoms with Gasteiger partial charge < -0.3 is 18.9 Å². The average Bonchev–Trinajstić information content (AvgIpc) is 2.83. The third-order valence-corrected chi connectivity index (χ3v) is 4.25. The van der Waals surface area contributed by atoms with Crippen molar-refractivity contribution >= 4 is 35.5 Å². The second-order valence-electron chi connectivity index (χ2n) is 6.93. The highest BCUT2D eigenvalue weighted by Gasteiger charge is 2.07. The van der Waals surface area contributed by atoms with Crippen molar-refractivity contribution in [2.24, 2.45) is 0 Å². The Balaban J connectivity index is 1.57. The minimum atomic E-state index is -0.620. The molecule has 0 aliphatic heterocycles. The standard InChI is InChI=1S/C24H28N2O8/c1-3-21(27)33-19-11-7-17(8-12-19)25-23(29)31-15-5-6-16-32-24(30)26-18-9-13-20(14-10-18)34-22(28)4-2/h7-14H,3-6,15-16H2,1-2H3,(H,25,29)(H,26,30). The summed E-state index contributed by atoms with van der Waals surface area (Å²) in [5.41, 5.74) is 0.996. The first kappa shape index (κ1) is 26.2. The van der Waals surface area contributed by atoms with Crippen molar-refractivity contribution in [1.82, 2.24) is 0 Å². The number of rotatable bonds is 11. The van der Waals surface area contributed by atoms with Crippen LogP contribution in [0, 0.1) is 0 Å². The van der Waals surface area contributed by atoms with Gasteiger partial charge in [-0.15, -0.1) is 0 Å². The van der Waals surface area contributed by atoms with E-state index < -0.39 is 12.2 Å². The van der Waals surface area contributed by atoms with E-state index in [0.717, 1.165) is 0 Å². The maximum atomic E-state index is 11.8. The summed E-state index contributed by atoms with van der Waals surface area (Å²) >= 11 is 0. The number of unbranched alkanes of at least 4 members (excludes halogenated alkanes) is 1. The zero-order valence-electron chi connectivity index (χ0n) is 19.1. The van der Waals surface area contributed by atoms with Crippen molar-refractivity contribution in [2.45, 2.75) is 39.5 Å². The minimum absolute atomic E-state index is 0.154. The van der Waals surface area contributed by atoms with E-state index >= 15 is 0 Å². The predicted molar refractivity (Wildman–Crippen MR) is 124 cm³/mol. The van der Waals surface area contributed by atoms with E-state index in [9.17, 15) is 19.2 Å². The number of carbonyl (C=O) groups is 4. The third kappa shape index (κ3) is 10.0. The van der Waals surface area contributed by atoms with Gasteiger partial charge in [0.05, 0.1) is 13.2 Å². The average molecular weight is 472 g/mol. The van der Waals surface area contributed by atoms with Gasteiger partial charge in [-0.05, 0) is 61.4 Å². The van der Waals surface area contributed by atoms with Crippen LogP contribution in [-0.2, 0) is 19.1 Å². The third-order valence-electron chi connectivity index (χ3n) is 4.25. The zero-order chi connectivity index (χ0) is 24.8. The lowest BCUT2D eigenvalue weighted by atomic mass is 10.3. The van der Waals surface area contributed by atoms with Crippen LogP contribution in [-0.4, -0.2) is 37.3 Å². The molecule has 2 amide bonds. The molecule has 2 aromatic rings. The molecule has 10 heteroatoms. The summed E-state index contributed by atoms with van der Waals surface area (Å²) in [6.45, 7) is 3.71. The number of carbonyl (C=O) groups excluding carboxylic acids is 4. The molecule has 2 rings (SSSR count). The number of hydrogen-bond donors (Lipinski definition) is 2. The quantitative estimate of drug-likeness (QED) is 0.268. The Morgan fingerprint density at radius 2 is 0.971 bits per heavy atom. The molecule has 0 unspecified atom stereocenters. The van der Waals surface area contributed by atoms with E-state index in [2.05, 4.69) is 10.6 Å². The summed E-state index contributed by atoms with van der Waals surface area (Å²) in [7, 11) is 0. The predicted octanol–water partition coefficient (Wildman–Crippen LogP) is 4.89. The second-order valence-corrected chi connectivity index (χ2v) is 6.93. The maximum Gasteiger partial charge on any atom is 0.411 e. The van der Waals surface area contributed by atoms with Gasteiger partial charge in [-0.25, -0.2) is 9.59 Å². The molecule has 0 bridgehead atoms. The van der Waals surface area contributed by atoms with Crippen LogP contribution in [0.15, 0.2) is 48.5 Å². The topological polar surface area (TPSA) is 129 Å². The molecule has 0 spiro atoms. The van der Waals surface area contributed by atoms with E-state index in [-0.39, 0.29) is 38.0 Å². The Bertz CT molecular complexity index is 878. The lowest BCUT2D eigenvalue weighted by molar-refractivity contribution is -0.134. The lowest BCUT2D eigenvalue weighted by Crippen LogP contribution is -2.16. The van der Waals surface area contributed by atoms with Crippen LogP contribution in [0.4, 0.5) is 21.0 Å². The summed E-state index contributed by atoms with van der Waals surface area (Å²) < 4.78 is 20.3. The second kappa shape index (κ2) is 14.1. The number of benzene rings is 2. The van der Waals surface area contributed by atoms with Crippen molar-refractivity contribution in [3.63, 3.8) is 0 Å². The molecule has 182 valence electrons. The molecule has 0 radical (unpaired) electrons. The molecule has 2 aromatic carbocycles. The summed E-state index contributed by atoms with van der Waals surface area (Å²) in [5, 5.41) is 5.13. The monoisotopic (exact) mass is 472 g/mol. The van der Waals surface area contributed by atoms with Crippen LogP contribution in [0.1, 0.15) is 39.5 Å². The molecule has 0 saturated carbocycles. The van der Waals surface area contributed by atoms with Crippen molar-refractivity contribution in [3.8, 4) is 11.5 Å². The number of ether oxygens (including phenoxy) is 4. The van der Waals surface area contributed by atoms with Gasteiger partial charge in [0, 0.05) is 24.2 Å². The summed E-state index contributed by atoms with van der Waals surface area (Å²) in [4.78, 5) is 46.1. The van der Waals surface area contributed by atoms with Crippen LogP contribution < -0.4 is 20.1 Å². The highest BCUT2D eigenvalue weighted by atomic mass is 16.6. The minimum Gasteiger partial charge on any atom is -0.449 e. The van der Waals surface area contributed by atoms with Crippen LogP contribution in [0.3, 0.4) is 0 Å². The molecule has 10 nitrogen and oxygen atoms in total. The summed E-state index contributed by atoms with van der Waals surface area (Å²) in [6.07, 6.45) is 0.313. The zero-order valence-corrected chi connectivity index (χ0v) is 19.1. The molecule has 0 atom stereocenters. The number of amides is 2. The number of esters is 2. The highest BCUT2D eigenvalue weighted by molar-refractivity contribution is 5.85. The normalized spacial score (nSPS) is 10.1. The van der Waals surface area contributed by atoms with Crippen LogP contribution in [0.5, 0.6) is 11.5 Å². The van der Waals surface area contributed by atoms with Crippen LogP contribution in [0.25, 0.3) is 0 Å². The van der Waals surface area contributed by atoms with Gasteiger partial charge in [0.25, 0.3) is 0 Å². The highest BCUT2D eigenvalue weighted by Crippen LogP contribution is 2.17. The van der Waals surface area contributed by atoms with Gasteiger partial charge >= 0.3 is 24.1 Å². The SMILES string of the molecule is CCC(=O)Oc1ccc(NC(=O)OCCCCOC(=O)Nc2ccc(OC(=O)CC)cc2)cc1. The van der Waals surface area contributed by atoms with Gasteiger partial charge in [0.2, 0.25) is 0 Å². The Morgan fingerprint density at radius 1 is 0.618 bits per heavy atom. The number of hydrogen-bond acceptors (Lipinski definition) is 8. The van der Waals surface area contributed by atoms with Crippen molar-refractivity contribution in [2.75, 3.05) is 23.8 Å². The van der Waals surface area contributed by atoms with E-state index in [0.29, 0.717) is 35.7 Å². The maximum absolute atomic E-state index is 11.8. The molecule has 0 fully saturated rings. The lowest BCUT2D eigenvalue weighted by Gasteiger charge is -2.09. The molecule has 0 saturated heterocycles. The van der Waals surface area contributed by atoms with E-state index in [4.69, 9.17) is 18.9 Å². The van der Waals surface area contributed by atoms with Crippen molar-refractivity contribution in [3.05, 3.63) is 48.5 Å². The Labute approximate surface area is 197 Å². The Morgan fingerprint density at radius 3 is 1.29 bits per heavy atom. The fraction of sp³-hybridized carbons (Fsp3) is 0.333. The Hall–Kier alpha value is -4.08. The van der Waals surface area contributed by atoms with E-state index in [1.807, 2.05) is 0 Å². The first-order valence-corrected chi connectivity index (χ1v) is 10.9. The fourth-order valence-corrected chi connectivity index (χ4v) is 2.46. The summed E-state index contributed by atoms with van der Waals surface area (Å²) in [6, 6.07) is 12.7. The molecule has 0 aliphatic carbocycles. The molecule has 0 aromatic heterocycles. The van der Waals surface area contributed by atoms with Gasteiger partial charge in [0.1, 0.15) is 11.5 Å². The molecule has 0 heterocycles. The van der Waals surface area contributed by atoms with Crippen molar-refractivity contribution < 1.29 is 38.1 Å². The van der Waals surface area contributed by atoms with Gasteiger partial charge in [-0.1, -0.05) is 13.8 Å². The van der Waals surface area contributed by atoms with Crippen molar-refractivity contribution in [1.29, 1.82) is 0 Å². The van der Waals surface area contributed by atoms with Crippen LogP contribution >= 0.6 is 0 Å². The van der Waals surface area contributed by atoms with Gasteiger partial charge in [0.15, 0.2) is 0 Å². The molecule has 2 N–H and O–H groups in total. The number of anilines is 2. The van der Waals surface area contributed by atoms with Gasteiger partial charge in [-0.2, -0.15) is 0 Å². The molecule has 34 heavy (non-hydrogen) atoms.